The van der Waals surface area contributed by atoms with Crippen molar-refractivity contribution in [2.75, 3.05) is 18.6 Å². The summed E-state index contributed by atoms with van der Waals surface area (Å²) in [6, 6.07) is -0.545. The Balaban J connectivity index is 2.23. The van der Waals surface area contributed by atoms with Crippen molar-refractivity contribution in [3.63, 3.8) is 0 Å². The Morgan fingerprint density at radius 1 is 1.33 bits per heavy atom. The second-order valence-electron chi connectivity index (χ2n) is 6.40. The Bertz CT molecular complexity index is 541. The van der Waals surface area contributed by atoms with Gasteiger partial charge in [0.15, 0.2) is 0 Å². The van der Waals surface area contributed by atoms with Crippen LogP contribution in [0, 0.1) is 5.92 Å². The highest BCUT2D eigenvalue weighted by Gasteiger charge is 2.55. The van der Waals surface area contributed by atoms with E-state index < -0.39 is 21.4 Å². The summed E-state index contributed by atoms with van der Waals surface area (Å²) in [5.74, 6) is -0.212. The summed E-state index contributed by atoms with van der Waals surface area (Å²) in [6.07, 6.45) is 4.33. The Morgan fingerprint density at radius 2 is 1.95 bits per heavy atom. The van der Waals surface area contributed by atoms with Crippen LogP contribution in [-0.2, 0) is 19.4 Å². The fourth-order valence-corrected chi connectivity index (χ4v) is 3.52. The molecule has 2 fully saturated rings. The summed E-state index contributed by atoms with van der Waals surface area (Å²) in [7, 11) is -3.17. The fourth-order valence-electron chi connectivity index (χ4n) is 2.99. The molecular weight excluding hydrogens is 292 g/mol. The lowest BCUT2D eigenvalue weighted by molar-refractivity contribution is -0.155. The van der Waals surface area contributed by atoms with Crippen LogP contribution >= 0.6 is 0 Å². The van der Waals surface area contributed by atoms with Crippen molar-refractivity contribution in [3.8, 4) is 0 Å². The van der Waals surface area contributed by atoms with Gasteiger partial charge in [0.25, 0.3) is 0 Å². The molecule has 1 N–H and O–H groups in total. The van der Waals surface area contributed by atoms with Crippen LogP contribution in [0.5, 0.6) is 0 Å². The number of hydrogen-bond donors (Lipinski definition) is 1. The number of carbonyl (C=O) groups excluding carboxylic acids is 2. The molecule has 0 bridgehead atoms. The van der Waals surface area contributed by atoms with Gasteiger partial charge in [-0.3, -0.25) is 9.59 Å². The molecule has 6 nitrogen and oxygen atoms in total. The van der Waals surface area contributed by atoms with Crippen molar-refractivity contribution in [2.45, 2.75) is 51.1 Å². The second kappa shape index (κ2) is 5.59. The first-order valence-electron chi connectivity index (χ1n) is 7.50. The number of nitrogens with zero attached hydrogens (tertiary/aromatic N) is 1. The van der Waals surface area contributed by atoms with Gasteiger partial charge in [-0.25, -0.2) is 8.42 Å². The van der Waals surface area contributed by atoms with E-state index in [-0.39, 0.29) is 30.0 Å². The highest BCUT2D eigenvalue weighted by molar-refractivity contribution is 7.90. The first kappa shape index (κ1) is 16.3. The molecule has 2 aliphatic rings. The van der Waals surface area contributed by atoms with Gasteiger partial charge in [-0.15, -0.1) is 0 Å². The molecule has 21 heavy (non-hydrogen) atoms. The monoisotopic (exact) mass is 316 g/mol. The molecule has 2 atom stereocenters. The first-order chi connectivity index (χ1) is 9.69. The van der Waals surface area contributed by atoms with Crippen molar-refractivity contribution in [3.05, 3.63) is 0 Å². The first-order valence-corrected chi connectivity index (χ1v) is 9.56. The molecule has 0 aromatic rings. The number of carbonyl (C=O) groups is 2. The highest BCUT2D eigenvalue weighted by atomic mass is 32.2. The predicted molar refractivity (Wildman–Crippen MR) is 79.4 cm³/mol. The van der Waals surface area contributed by atoms with Crippen LogP contribution in [0.2, 0.25) is 0 Å². The average Bonchev–Trinajstić information content (AvgIpc) is 3.18. The van der Waals surface area contributed by atoms with Crippen LogP contribution in [0.4, 0.5) is 0 Å². The van der Waals surface area contributed by atoms with E-state index in [9.17, 15) is 18.0 Å². The molecule has 2 unspecified atom stereocenters. The van der Waals surface area contributed by atoms with E-state index in [2.05, 4.69) is 5.32 Å². The minimum Gasteiger partial charge on any atom is -0.340 e. The molecule has 120 valence electrons. The van der Waals surface area contributed by atoms with Crippen LogP contribution in [0.1, 0.15) is 39.5 Å². The third-order valence-corrected chi connectivity index (χ3v) is 5.35. The molecule has 2 rings (SSSR count). The van der Waals surface area contributed by atoms with E-state index in [0.29, 0.717) is 6.42 Å². The normalized spacial score (nSPS) is 30.4. The number of nitrogens with one attached hydrogen (secondary N) is 1. The quantitative estimate of drug-likeness (QED) is 0.765. The number of hydrogen-bond acceptors (Lipinski definition) is 4. The maximum Gasteiger partial charge on any atom is 0.249 e. The number of sulfone groups is 1. The minimum atomic E-state index is -3.17. The molecule has 0 aromatic carbocycles. The lowest BCUT2D eigenvalue weighted by Gasteiger charge is -2.44. The maximum absolute atomic E-state index is 12.8. The summed E-state index contributed by atoms with van der Waals surface area (Å²) in [4.78, 5) is 26.6. The van der Waals surface area contributed by atoms with Gasteiger partial charge in [0.2, 0.25) is 11.8 Å². The highest BCUT2D eigenvalue weighted by Crippen LogP contribution is 2.42. The van der Waals surface area contributed by atoms with Crippen molar-refractivity contribution in [1.29, 1.82) is 0 Å². The largest absolute Gasteiger partial charge is 0.340 e. The van der Waals surface area contributed by atoms with E-state index in [4.69, 9.17) is 0 Å². The van der Waals surface area contributed by atoms with Crippen LogP contribution in [0.15, 0.2) is 0 Å². The minimum absolute atomic E-state index is 0.0953. The number of rotatable bonds is 6. The maximum atomic E-state index is 12.8. The number of piperazine rings is 1. The molecule has 1 saturated carbocycles. The van der Waals surface area contributed by atoms with Crippen LogP contribution in [-0.4, -0.2) is 55.3 Å². The molecular formula is C14H24N2O4S. The second-order valence-corrected chi connectivity index (χ2v) is 8.66. The molecule has 1 aliphatic heterocycles. The summed E-state index contributed by atoms with van der Waals surface area (Å²) < 4.78 is 22.8. The molecule has 1 heterocycles. The molecule has 1 saturated heterocycles. The topological polar surface area (TPSA) is 83.6 Å². The van der Waals surface area contributed by atoms with Crippen molar-refractivity contribution < 1.29 is 18.0 Å². The molecule has 1 aliphatic carbocycles. The van der Waals surface area contributed by atoms with E-state index in [1.54, 1.807) is 6.92 Å². The number of amides is 2. The van der Waals surface area contributed by atoms with E-state index in [1.807, 2.05) is 6.92 Å². The van der Waals surface area contributed by atoms with Crippen molar-refractivity contribution in [2.24, 2.45) is 5.92 Å². The Hall–Kier alpha value is -1.11. The van der Waals surface area contributed by atoms with Crippen molar-refractivity contribution in [1.82, 2.24) is 10.2 Å². The third-order valence-electron chi connectivity index (χ3n) is 4.43. The van der Waals surface area contributed by atoms with Gasteiger partial charge in [0, 0.05) is 12.8 Å². The zero-order chi connectivity index (χ0) is 15.8. The lowest BCUT2D eigenvalue weighted by atomic mass is 9.88. The van der Waals surface area contributed by atoms with Gasteiger partial charge in [-0.2, -0.15) is 0 Å². The lowest BCUT2D eigenvalue weighted by Crippen LogP contribution is -2.70. The summed E-state index contributed by atoms with van der Waals surface area (Å²) in [5, 5.41) is 2.89. The third kappa shape index (κ3) is 3.39. The predicted octanol–water partition coefficient (Wildman–Crippen LogP) is 0.327. The van der Waals surface area contributed by atoms with Gasteiger partial charge >= 0.3 is 0 Å². The Kier molecular flexibility index (Phi) is 4.33. The van der Waals surface area contributed by atoms with E-state index in [0.717, 1.165) is 25.5 Å². The summed E-state index contributed by atoms with van der Waals surface area (Å²) in [5.41, 5.74) is -0.862. The van der Waals surface area contributed by atoms with Gasteiger partial charge < -0.3 is 10.2 Å². The SMILES string of the molecule is CCCC1C(=O)NC(C)(C2CC2)C(=O)N1CCS(C)(=O)=O. The van der Waals surface area contributed by atoms with Crippen LogP contribution < -0.4 is 5.32 Å². The fraction of sp³-hybridized carbons (Fsp3) is 0.857. The van der Waals surface area contributed by atoms with Crippen molar-refractivity contribution >= 4 is 21.7 Å². The molecule has 7 heteroatoms. The zero-order valence-electron chi connectivity index (χ0n) is 12.9. The smallest absolute Gasteiger partial charge is 0.249 e. The molecule has 0 radical (unpaired) electrons. The summed E-state index contributed by atoms with van der Waals surface area (Å²) >= 11 is 0. The Morgan fingerprint density at radius 3 is 2.43 bits per heavy atom. The van der Waals surface area contributed by atoms with Gasteiger partial charge in [-0.05, 0) is 32.1 Å². The van der Waals surface area contributed by atoms with Crippen LogP contribution in [0.3, 0.4) is 0 Å². The molecule has 0 aromatic heterocycles. The molecule has 2 amide bonds. The van der Waals surface area contributed by atoms with E-state index >= 15 is 0 Å². The summed E-state index contributed by atoms with van der Waals surface area (Å²) in [6.45, 7) is 3.81. The van der Waals surface area contributed by atoms with Gasteiger partial charge in [-0.1, -0.05) is 13.3 Å². The standard InChI is InChI=1S/C14H24N2O4S/c1-4-5-11-12(17)15-14(2,10-6-7-10)13(18)16(11)8-9-21(3,19)20/h10-11H,4-9H2,1-3H3,(H,15,17). The Labute approximate surface area is 126 Å². The van der Waals surface area contributed by atoms with Gasteiger partial charge in [0.1, 0.15) is 21.4 Å². The van der Waals surface area contributed by atoms with E-state index in [1.165, 1.54) is 4.90 Å². The van der Waals surface area contributed by atoms with Gasteiger partial charge in [0.05, 0.1) is 5.75 Å². The molecule has 0 spiro atoms. The van der Waals surface area contributed by atoms with Crippen LogP contribution in [0.25, 0.3) is 0 Å². The zero-order valence-corrected chi connectivity index (χ0v) is 13.7. The average molecular weight is 316 g/mol.